The van der Waals surface area contributed by atoms with Crippen molar-refractivity contribution in [3.63, 3.8) is 0 Å². The maximum atomic E-state index is 13.7. The van der Waals surface area contributed by atoms with Crippen LogP contribution >= 0.6 is 0 Å². The van der Waals surface area contributed by atoms with Crippen LogP contribution in [0.25, 0.3) is 0 Å². The van der Waals surface area contributed by atoms with Gasteiger partial charge in [0.15, 0.2) is 17.7 Å². The molecular weight excluding hydrogens is 579 g/mol. The quantitative estimate of drug-likeness (QED) is 0.343. The van der Waals surface area contributed by atoms with Crippen molar-refractivity contribution in [1.82, 2.24) is 15.3 Å². The molecule has 2 aliphatic heterocycles. The number of nitrogens with zero attached hydrogens (tertiary/aromatic N) is 3. The summed E-state index contributed by atoms with van der Waals surface area (Å²) in [7, 11) is -1.54. The van der Waals surface area contributed by atoms with Crippen LogP contribution in [0.3, 0.4) is 0 Å². The van der Waals surface area contributed by atoms with Crippen molar-refractivity contribution < 1.29 is 36.6 Å². The van der Waals surface area contributed by atoms with Gasteiger partial charge in [-0.25, -0.2) is 18.6 Å². The third kappa shape index (κ3) is 7.54. The van der Waals surface area contributed by atoms with E-state index in [1.165, 1.54) is 19.2 Å². The highest BCUT2D eigenvalue weighted by atomic mass is 32.2. The van der Waals surface area contributed by atoms with Crippen molar-refractivity contribution in [2.45, 2.75) is 50.0 Å². The van der Waals surface area contributed by atoms with Crippen LogP contribution in [0.5, 0.6) is 5.75 Å². The third-order valence-electron chi connectivity index (χ3n) is 6.96. The van der Waals surface area contributed by atoms with Gasteiger partial charge < -0.3 is 24.4 Å². The molecule has 13 heteroatoms. The normalized spacial score (nSPS) is 21.4. The van der Waals surface area contributed by atoms with Crippen LogP contribution in [0.15, 0.2) is 58.6 Å². The molecule has 11 nitrogen and oxygen atoms in total. The van der Waals surface area contributed by atoms with Crippen molar-refractivity contribution in [3.05, 3.63) is 82.7 Å². The second kappa shape index (κ2) is 13.2. The highest BCUT2D eigenvalue weighted by Gasteiger charge is 2.36. The monoisotopic (exact) mass is 612 g/mol. The number of ether oxygens (including phenoxy) is 3. The second-order valence-electron chi connectivity index (χ2n) is 10.3. The molecule has 1 amide bonds. The zero-order valence-electron chi connectivity index (χ0n) is 24.1. The number of hydrogen-bond donors (Lipinski definition) is 1. The Balaban J connectivity index is 1.12. The van der Waals surface area contributed by atoms with E-state index < -0.39 is 39.8 Å². The summed E-state index contributed by atoms with van der Waals surface area (Å²) in [6.45, 7) is 4.31. The van der Waals surface area contributed by atoms with E-state index >= 15 is 0 Å². The molecule has 0 radical (unpaired) electrons. The molecule has 43 heavy (non-hydrogen) atoms. The molecule has 3 aromatic rings. The van der Waals surface area contributed by atoms with Gasteiger partial charge in [0.25, 0.3) is 5.91 Å². The molecule has 1 N–H and O–H groups in total. The number of aryl methyl sites for hydroxylation is 2. The Morgan fingerprint density at radius 1 is 1.09 bits per heavy atom. The summed E-state index contributed by atoms with van der Waals surface area (Å²) >= 11 is 0. The first-order valence-corrected chi connectivity index (χ1v) is 15.3. The van der Waals surface area contributed by atoms with Gasteiger partial charge in [-0.15, -0.1) is 0 Å². The average molecular weight is 613 g/mol. The van der Waals surface area contributed by atoms with Crippen LogP contribution in [-0.4, -0.2) is 76.9 Å². The molecule has 1 saturated heterocycles. The molecule has 1 fully saturated rings. The van der Waals surface area contributed by atoms with E-state index in [9.17, 15) is 13.4 Å². The van der Waals surface area contributed by atoms with Crippen LogP contribution < -0.4 is 10.1 Å². The highest BCUT2D eigenvalue weighted by Crippen LogP contribution is 2.24. The molecule has 1 aromatic heterocycles. The zero-order valence-corrected chi connectivity index (χ0v) is 24.9. The Labute approximate surface area is 249 Å². The Bertz CT molecular complexity index is 1610. The van der Waals surface area contributed by atoms with E-state index in [1.807, 2.05) is 19.1 Å². The van der Waals surface area contributed by atoms with Crippen molar-refractivity contribution in [2.24, 2.45) is 5.16 Å². The molecule has 1 unspecified atom stereocenters. The number of carbonyl (C=O) groups excluding carboxylic acids is 1. The molecular formula is C30H33FN4O7S. The van der Waals surface area contributed by atoms with Gasteiger partial charge in [0.2, 0.25) is 0 Å². The van der Waals surface area contributed by atoms with E-state index in [2.05, 4.69) is 26.3 Å². The van der Waals surface area contributed by atoms with Crippen LogP contribution in [-0.2, 0) is 34.8 Å². The topological polar surface area (TPSA) is 130 Å². The summed E-state index contributed by atoms with van der Waals surface area (Å²) in [4.78, 5) is 27.7. The number of amides is 1. The van der Waals surface area contributed by atoms with Crippen molar-refractivity contribution in [3.8, 4) is 5.75 Å². The largest absolute Gasteiger partial charge is 0.494 e. The molecule has 5 rings (SSSR count). The number of oxime groups is 1. The molecule has 0 saturated carbocycles. The number of benzene rings is 2. The van der Waals surface area contributed by atoms with Crippen LogP contribution in [0.1, 0.15) is 39.6 Å². The minimum Gasteiger partial charge on any atom is -0.494 e. The van der Waals surface area contributed by atoms with Crippen molar-refractivity contribution in [2.75, 3.05) is 26.9 Å². The molecule has 0 spiro atoms. The standard InChI is InChI=1S/C30H33FN4O7S/c1-18-5-8-22(9-6-18)43(4,37)41-16-21-15-40-29(17-39-21)28-13-25(35-42-28)24-12-26(34-19(2)33-24)30(36)32-14-20-7-10-23(31)27(11-20)38-3/h5-12,21,28-29H,4,13-17H2,1-3H3,(H,32,36)/t21-,28+,29+,43?/m0/s1. The van der Waals surface area contributed by atoms with Gasteiger partial charge in [0.1, 0.15) is 39.2 Å². The van der Waals surface area contributed by atoms with Gasteiger partial charge in [0, 0.05) is 13.0 Å². The third-order valence-corrected chi connectivity index (χ3v) is 8.47. The lowest BCUT2D eigenvalue weighted by molar-refractivity contribution is -0.176. The first kappa shape index (κ1) is 30.5. The lowest BCUT2D eigenvalue weighted by Gasteiger charge is -2.31. The number of methoxy groups -OCH3 is 1. The highest BCUT2D eigenvalue weighted by molar-refractivity contribution is 7.96. The number of aromatic nitrogens is 2. The minimum atomic E-state index is -2.92. The number of rotatable bonds is 10. The lowest BCUT2D eigenvalue weighted by Crippen LogP contribution is -2.44. The zero-order chi connectivity index (χ0) is 30.6. The molecule has 0 aliphatic carbocycles. The maximum absolute atomic E-state index is 13.7. The fourth-order valence-corrected chi connectivity index (χ4v) is 5.59. The second-order valence-corrected chi connectivity index (χ2v) is 12.2. The summed E-state index contributed by atoms with van der Waals surface area (Å²) in [5.41, 5.74) is 2.90. The van der Waals surface area contributed by atoms with Gasteiger partial charge in [0.05, 0.1) is 37.5 Å². The van der Waals surface area contributed by atoms with Gasteiger partial charge in [-0.3, -0.25) is 8.98 Å². The lowest BCUT2D eigenvalue weighted by atomic mass is 10.0. The van der Waals surface area contributed by atoms with E-state index in [-0.39, 0.29) is 37.8 Å². The number of halogens is 1. The summed E-state index contributed by atoms with van der Waals surface area (Å²) in [6, 6.07) is 13.1. The summed E-state index contributed by atoms with van der Waals surface area (Å²) < 4.78 is 49.1. The first-order chi connectivity index (χ1) is 20.6. The maximum Gasteiger partial charge on any atom is 0.270 e. The Hall–Kier alpha value is -3.91. The molecule has 3 heterocycles. The first-order valence-electron chi connectivity index (χ1n) is 13.6. The fraction of sp³-hybridized carbons (Fsp3) is 0.367. The molecule has 0 bridgehead atoms. The average Bonchev–Trinajstić information content (AvgIpc) is 3.50. The molecule has 2 aromatic carbocycles. The molecule has 228 valence electrons. The Morgan fingerprint density at radius 3 is 2.60 bits per heavy atom. The number of nitrogens with one attached hydrogen (secondary N) is 1. The van der Waals surface area contributed by atoms with Crippen LogP contribution in [0, 0.1) is 19.7 Å². The predicted molar refractivity (Wildman–Crippen MR) is 157 cm³/mol. The smallest absolute Gasteiger partial charge is 0.270 e. The Morgan fingerprint density at radius 2 is 1.88 bits per heavy atom. The SMILES string of the molecule is C=S(=O)(OC[C@@H]1CO[C@@H]([C@H]2CC(c3cc(C(=O)NCc4ccc(F)c(OC)c4)nc(C)n3)=NO2)CO1)c1ccc(C)cc1. The fourth-order valence-electron chi connectivity index (χ4n) is 4.53. The summed E-state index contributed by atoms with van der Waals surface area (Å²) in [6.07, 6.45) is -0.824. The predicted octanol–water partition coefficient (Wildman–Crippen LogP) is 3.16. The van der Waals surface area contributed by atoms with Crippen LogP contribution in [0.4, 0.5) is 4.39 Å². The molecule has 2 aliphatic rings. The van der Waals surface area contributed by atoms with Gasteiger partial charge in [-0.2, -0.15) is 0 Å². The van der Waals surface area contributed by atoms with Crippen molar-refractivity contribution in [1.29, 1.82) is 0 Å². The van der Waals surface area contributed by atoms with Gasteiger partial charge in [-0.05, 0) is 55.6 Å². The van der Waals surface area contributed by atoms with Gasteiger partial charge >= 0.3 is 0 Å². The minimum absolute atomic E-state index is 0.0654. The number of hydrogen-bond acceptors (Lipinski definition) is 10. The van der Waals surface area contributed by atoms with E-state index in [1.54, 1.807) is 31.2 Å². The van der Waals surface area contributed by atoms with E-state index in [0.717, 1.165) is 5.56 Å². The van der Waals surface area contributed by atoms with E-state index in [0.29, 0.717) is 34.1 Å². The van der Waals surface area contributed by atoms with Crippen molar-refractivity contribution >= 4 is 27.3 Å². The summed E-state index contributed by atoms with van der Waals surface area (Å²) in [5.74, 6) is 3.34. The van der Waals surface area contributed by atoms with Crippen LogP contribution in [0.2, 0.25) is 0 Å². The van der Waals surface area contributed by atoms with E-state index in [4.69, 9.17) is 23.2 Å². The molecule has 4 atom stereocenters. The summed E-state index contributed by atoms with van der Waals surface area (Å²) in [5, 5.41) is 6.97. The van der Waals surface area contributed by atoms with Gasteiger partial charge in [-0.1, -0.05) is 28.9 Å². The Kier molecular flexibility index (Phi) is 9.35. The number of carbonyl (C=O) groups is 1.